The second-order valence-electron chi connectivity index (χ2n) is 4.70. The topological polar surface area (TPSA) is 37.6 Å². The molecule has 0 amide bonds. The number of aliphatic hydroxyl groups excluding tert-OH is 1. The molecule has 0 fully saturated rings. The predicted octanol–water partition coefficient (Wildman–Crippen LogP) is 1.70. The van der Waals surface area contributed by atoms with Gasteiger partial charge < -0.3 is 19.3 Å². The standard InChI is InChI=1S/C14H20N2O2/c1-15(2)7-6-11-9-16(10-17)14-5-4-12(18-3)8-13(11)14/h4-5,8-9,17H,6-7,10H2,1-3H3. The molecule has 1 aromatic heterocycles. The number of hydrogen-bond acceptors (Lipinski definition) is 3. The van der Waals surface area contributed by atoms with Gasteiger partial charge in [0.25, 0.3) is 0 Å². The highest BCUT2D eigenvalue weighted by Crippen LogP contribution is 2.26. The van der Waals surface area contributed by atoms with Gasteiger partial charge in [-0.1, -0.05) is 0 Å². The highest BCUT2D eigenvalue weighted by atomic mass is 16.5. The second kappa shape index (κ2) is 5.42. The van der Waals surface area contributed by atoms with Crippen LogP contribution in [0.25, 0.3) is 10.9 Å². The Kier molecular flexibility index (Phi) is 3.89. The van der Waals surface area contributed by atoms with Crippen LogP contribution >= 0.6 is 0 Å². The Labute approximate surface area is 107 Å². The quantitative estimate of drug-likeness (QED) is 0.875. The van der Waals surface area contributed by atoms with Crippen molar-refractivity contribution in [3.8, 4) is 5.75 Å². The van der Waals surface area contributed by atoms with Crippen molar-refractivity contribution in [1.82, 2.24) is 9.47 Å². The van der Waals surface area contributed by atoms with E-state index in [0.717, 1.165) is 29.6 Å². The smallest absolute Gasteiger partial charge is 0.119 e. The zero-order chi connectivity index (χ0) is 13.1. The number of rotatable bonds is 5. The molecule has 1 N–H and O–H groups in total. The van der Waals surface area contributed by atoms with Gasteiger partial charge in [-0.15, -0.1) is 0 Å². The summed E-state index contributed by atoms with van der Waals surface area (Å²) in [4.78, 5) is 2.16. The van der Waals surface area contributed by atoms with Crippen LogP contribution in [-0.2, 0) is 13.2 Å². The molecule has 4 heteroatoms. The van der Waals surface area contributed by atoms with Gasteiger partial charge in [-0.2, -0.15) is 0 Å². The lowest BCUT2D eigenvalue weighted by molar-refractivity contribution is 0.215. The highest BCUT2D eigenvalue weighted by Gasteiger charge is 2.09. The average Bonchev–Trinajstić information content (AvgIpc) is 2.73. The van der Waals surface area contributed by atoms with E-state index < -0.39 is 0 Å². The van der Waals surface area contributed by atoms with Gasteiger partial charge in [0.1, 0.15) is 12.5 Å². The molecule has 0 aliphatic heterocycles. The average molecular weight is 248 g/mol. The van der Waals surface area contributed by atoms with E-state index in [9.17, 15) is 5.11 Å². The summed E-state index contributed by atoms with van der Waals surface area (Å²) in [6, 6.07) is 5.94. The lowest BCUT2D eigenvalue weighted by Crippen LogP contribution is -2.14. The number of ether oxygens (including phenoxy) is 1. The van der Waals surface area contributed by atoms with Crippen LogP contribution < -0.4 is 4.74 Å². The van der Waals surface area contributed by atoms with Gasteiger partial charge in [0.05, 0.1) is 12.6 Å². The number of hydrogen-bond donors (Lipinski definition) is 1. The largest absolute Gasteiger partial charge is 0.497 e. The first-order valence-electron chi connectivity index (χ1n) is 6.07. The molecule has 0 aliphatic rings. The van der Waals surface area contributed by atoms with Crippen molar-refractivity contribution >= 4 is 10.9 Å². The number of benzene rings is 1. The molecule has 0 saturated carbocycles. The summed E-state index contributed by atoms with van der Waals surface area (Å²) in [5, 5.41) is 10.5. The first kappa shape index (κ1) is 12.9. The third-order valence-corrected chi connectivity index (χ3v) is 3.15. The van der Waals surface area contributed by atoms with Crippen molar-refractivity contribution in [3.05, 3.63) is 30.0 Å². The Morgan fingerprint density at radius 2 is 2.11 bits per heavy atom. The number of aromatic nitrogens is 1. The molecule has 0 radical (unpaired) electrons. The van der Waals surface area contributed by atoms with Crippen LogP contribution in [0.15, 0.2) is 24.4 Å². The number of aliphatic hydroxyl groups is 1. The fourth-order valence-electron chi connectivity index (χ4n) is 2.14. The molecule has 1 heterocycles. The SMILES string of the molecule is COc1ccc2c(c1)c(CCN(C)C)cn2CO. The molecule has 0 unspecified atom stereocenters. The minimum atomic E-state index is 0.00476. The van der Waals surface area contributed by atoms with Crippen molar-refractivity contribution < 1.29 is 9.84 Å². The Balaban J connectivity index is 2.43. The van der Waals surface area contributed by atoms with E-state index >= 15 is 0 Å². The zero-order valence-electron chi connectivity index (χ0n) is 11.2. The maximum Gasteiger partial charge on any atom is 0.119 e. The fourth-order valence-corrected chi connectivity index (χ4v) is 2.14. The van der Waals surface area contributed by atoms with E-state index in [4.69, 9.17) is 4.74 Å². The Morgan fingerprint density at radius 1 is 1.33 bits per heavy atom. The van der Waals surface area contributed by atoms with Gasteiger partial charge in [0.2, 0.25) is 0 Å². The van der Waals surface area contributed by atoms with Gasteiger partial charge in [-0.3, -0.25) is 0 Å². The van der Waals surface area contributed by atoms with Crippen molar-refractivity contribution in [2.75, 3.05) is 27.7 Å². The third kappa shape index (κ3) is 2.49. The fraction of sp³-hybridized carbons (Fsp3) is 0.429. The summed E-state index contributed by atoms with van der Waals surface area (Å²) in [6.45, 7) is 0.993. The molecule has 98 valence electrons. The third-order valence-electron chi connectivity index (χ3n) is 3.15. The van der Waals surface area contributed by atoms with Crippen LogP contribution in [0.4, 0.5) is 0 Å². The van der Waals surface area contributed by atoms with Crippen LogP contribution in [0.1, 0.15) is 5.56 Å². The van der Waals surface area contributed by atoms with Crippen molar-refractivity contribution in [1.29, 1.82) is 0 Å². The molecular weight excluding hydrogens is 228 g/mol. The number of likely N-dealkylation sites (N-methyl/N-ethyl adjacent to an activating group) is 1. The van der Waals surface area contributed by atoms with Crippen LogP contribution in [0.2, 0.25) is 0 Å². The maximum atomic E-state index is 9.37. The van der Waals surface area contributed by atoms with Gasteiger partial charge in [0, 0.05) is 18.1 Å². The van der Waals surface area contributed by atoms with Gasteiger partial charge in [0.15, 0.2) is 0 Å². The molecule has 0 saturated heterocycles. The minimum Gasteiger partial charge on any atom is -0.497 e. The Hall–Kier alpha value is -1.52. The monoisotopic (exact) mass is 248 g/mol. The molecule has 18 heavy (non-hydrogen) atoms. The number of nitrogens with zero attached hydrogens (tertiary/aromatic N) is 2. The van der Waals surface area contributed by atoms with Crippen molar-refractivity contribution in [2.45, 2.75) is 13.2 Å². The first-order valence-corrected chi connectivity index (χ1v) is 6.07. The summed E-state index contributed by atoms with van der Waals surface area (Å²) < 4.78 is 7.12. The van der Waals surface area contributed by atoms with Gasteiger partial charge >= 0.3 is 0 Å². The summed E-state index contributed by atoms with van der Waals surface area (Å²) in [5.74, 6) is 0.851. The molecule has 2 aromatic rings. The van der Waals surface area contributed by atoms with Gasteiger partial charge in [-0.25, -0.2) is 0 Å². The van der Waals surface area contributed by atoms with Crippen LogP contribution in [0, 0.1) is 0 Å². The normalized spacial score (nSPS) is 11.4. The zero-order valence-corrected chi connectivity index (χ0v) is 11.2. The lowest BCUT2D eigenvalue weighted by atomic mass is 10.1. The Bertz CT molecular complexity index is 532. The van der Waals surface area contributed by atoms with Crippen LogP contribution in [0.3, 0.4) is 0 Å². The second-order valence-corrected chi connectivity index (χ2v) is 4.70. The molecule has 0 spiro atoms. The highest BCUT2D eigenvalue weighted by molar-refractivity contribution is 5.85. The molecule has 0 aliphatic carbocycles. The summed E-state index contributed by atoms with van der Waals surface area (Å²) in [5.41, 5.74) is 2.29. The van der Waals surface area contributed by atoms with Crippen molar-refractivity contribution in [2.24, 2.45) is 0 Å². The summed E-state index contributed by atoms with van der Waals surface area (Å²) >= 11 is 0. The first-order chi connectivity index (χ1) is 8.65. The summed E-state index contributed by atoms with van der Waals surface area (Å²) in [7, 11) is 5.79. The Morgan fingerprint density at radius 3 is 2.72 bits per heavy atom. The number of methoxy groups -OCH3 is 1. The van der Waals surface area contributed by atoms with E-state index in [1.807, 2.05) is 29.0 Å². The van der Waals surface area contributed by atoms with E-state index in [1.165, 1.54) is 5.56 Å². The molecule has 0 bridgehead atoms. The molecule has 2 rings (SSSR count). The lowest BCUT2D eigenvalue weighted by Gasteiger charge is -2.08. The van der Waals surface area contributed by atoms with Crippen LogP contribution in [-0.4, -0.2) is 42.3 Å². The molecule has 4 nitrogen and oxygen atoms in total. The van der Waals surface area contributed by atoms with Crippen molar-refractivity contribution in [3.63, 3.8) is 0 Å². The molecule has 0 atom stereocenters. The van der Waals surface area contributed by atoms with E-state index in [-0.39, 0.29) is 6.73 Å². The maximum absolute atomic E-state index is 9.37. The summed E-state index contributed by atoms with van der Waals surface area (Å²) in [6.07, 6.45) is 2.98. The minimum absolute atomic E-state index is 0.00476. The molecular formula is C14H20N2O2. The van der Waals surface area contributed by atoms with E-state index in [1.54, 1.807) is 7.11 Å². The van der Waals surface area contributed by atoms with E-state index in [0.29, 0.717) is 0 Å². The van der Waals surface area contributed by atoms with E-state index in [2.05, 4.69) is 19.0 Å². The molecule has 1 aromatic carbocycles. The van der Waals surface area contributed by atoms with Crippen LogP contribution in [0.5, 0.6) is 5.75 Å². The number of fused-ring (bicyclic) bond motifs is 1. The van der Waals surface area contributed by atoms with Gasteiger partial charge in [-0.05, 0) is 44.3 Å². The predicted molar refractivity (Wildman–Crippen MR) is 73.0 cm³/mol.